The molecule has 0 aliphatic carbocycles. The fourth-order valence-corrected chi connectivity index (χ4v) is 1.28. The van der Waals surface area contributed by atoms with Crippen LogP contribution in [0.1, 0.15) is 18.5 Å². The van der Waals surface area contributed by atoms with E-state index in [-0.39, 0.29) is 6.04 Å². The van der Waals surface area contributed by atoms with Gasteiger partial charge in [-0.05, 0) is 24.2 Å². The second-order valence-corrected chi connectivity index (χ2v) is 2.85. The lowest BCUT2D eigenvalue weighted by Crippen LogP contribution is -2.24. The maximum Gasteiger partial charge on any atom is 0.0657 e. The molecule has 1 rings (SSSR count). The van der Waals surface area contributed by atoms with Crippen molar-refractivity contribution in [3.8, 4) is 0 Å². The first-order chi connectivity index (χ1) is 6.38. The lowest BCUT2D eigenvalue weighted by Gasteiger charge is -2.16. The predicted octanol–water partition coefficient (Wildman–Crippen LogP) is 1.38. The van der Waals surface area contributed by atoms with E-state index < -0.39 is 0 Å². The van der Waals surface area contributed by atoms with Crippen molar-refractivity contribution in [2.24, 2.45) is 0 Å². The van der Waals surface area contributed by atoms with Gasteiger partial charge in [0.1, 0.15) is 0 Å². The van der Waals surface area contributed by atoms with Crippen LogP contribution < -0.4 is 5.32 Å². The van der Waals surface area contributed by atoms with Crippen molar-refractivity contribution < 1.29 is 4.74 Å². The van der Waals surface area contributed by atoms with E-state index in [2.05, 4.69) is 17.2 Å². The van der Waals surface area contributed by atoms with Gasteiger partial charge in [-0.15, -0.1) is 0 Å². The van der Waals surface area contributed by atoms with Crippen LogP contribution in [0.5, 0.6) is 0 Å². The SMILES string of the molecule is CCNC(COC)c1ccncc1. The number of pyridine rings is 1. The average Bonchev–Trinajstić information content (AvgIpc) is 2.19. The summed E-state index contributed by atoms with van der Waals surface area (Å²) in [6.45, 7) is 3.72. The molecule has 1 unspecified atom stereocenters. The third-order valence-electron chi connectivity index (χ3n) is 1.89. The lowest BCUT2D eigenvalue weighted by molar-refractivity contribution is 0.168. The van der Waals surface area contributed by atoms with Gasteiger partial charge in [-0.25, -0.2) is 0 Å². The zero-order valence-electron chi connectivity index (χ0n) is 8.16. The molecule has 3 heteroatoms. The van der Waals surface area contributed by atoms with E-state index in [1.54, 1.807) is 19.5 Å². The summed E-state index contributed by atoms with van der Waals surface area (Å²) in [5, 5.41) is 3.35. The van der Waals surface area contributed by atoms with Gasteiger partial charge < -0.3 is 10.1 Å². The van der Waals surface area contributed by atoms with Gasteiger partial charge in [-0.1, -0.05) is 6.92 Å². The standard InChI is InChI=1S/C10H16N2O/c1-3-12-10(8-13-2)9-4-6-11-7-5-9/h4-7,10,12H,3,8H2,1-2H3. The minimum atomic E-state index is 0.276. The first-order valence-corrected chi connectivity index (χ1v) is 4.50. The van der Waals surface area contributed by atoms with Gasteiger partial charge in [-0.2, -0.15) is 0 Å². The summed E-state index contributed by atoms with van der Waals surface area (Å²) in [6.07, 6.45) is 3.60. The van der Waals surface area contributed by atoms with Gasteiger partial charge in [0, 0.05) is 19.5 Å². The van der Waals surface area contributed by atoms with Crippen molar-refractivity contribution in [3.05, 3.63) is 30.1 Å². The average molecular weight is 180 g/mol. The van der Waals surface area contributed by atoms with E-state index >= 15 is 0 Å². The number of methoxy groups -OCH3 is 1. The van der Waals surface area contributed by atoms with E-state index in [9.17, 15) is 0 Å². The molecule has 0 bridgehead atoms. The number of nitrogens with zero attached hydrogens (tertiary/aromatic N) is 1. The van der Waals surface area contributed by atoms with Crippen molar-refractivity contribution >= 4 is 0 Å². The summed E-state index contributed by atoms with van der Waals surface area (Å²) in [5.41, 5.74) is 1.22. The topological polar surface area (TPSA) is 34.1 Å². The highest BCUT2D eigenvalue weighted by Crippen LogP contribution is 2.10. The number of rotatable bonds is 5. The van der Waals surface area contributed by atoms with Gasteiger partial charge in [0.05, 0.1) is 12.6 Å². The summed E-state index contributed by atoms with van der Waals surface area (Å²) >= 11 is 0. The molecular weight excluding hydrogens is 164 g/mol. The Morgan fingerprint density at radius 1 is 1.46 bits per heavy atom. The Hall–Kier alpha value is -0.930. The van der Waals surface area contributed by atoms with Crippen LogP contribution in [0.2, 0.25) is 0 Å². The van der Waals surface area contributed by atoms with Gasteiger partial charge >= 0.3 is 0 Å². The Labute approximate surface area is 79.1 Å². The van der Waals surface area contributed by atoms with Crippen molar-refractivity contribution in [1.29, 1.82) is 0 Å². The third kappa shape index (κ3) is 3.13. The van der Waals surface area contributed by atoms with Crippen LogP contribution in [-0.4, -0.2) is 25.2 Å². The highest BCUT2D eigenvalue weighted by Gasteiger charge is 2.08. The van der Waals surface area contributed by atoms with Crippen LogP contribution in [0.25, 0.3) is 0 Å². The van der Waals surface area contributed by atoms with Gasteiger partial charge in [-0.3, -0.25) is 4.98 Å². The smallest absolute Gasteiger partial charge is 0.0657 e. The fourth-order valence-electron chi connectivity index (χ4n) is 1.28. The third-order valence-corrected chi connectivity index (χ3v) is 1.89. The van der Waals surface area contributed by atoms with Gasteiger partial charge in [0.15, 0.2) is 0 Å². The second-order valence-electron chi connectivity index (χ2n) is 2.85. The van der Waals surface area contributed by atoms with E-state index in [1.165, 1.54) is 5.56 Å². The molecule has 1 atom stereocenters. The molecule has 0 aliphatic heterocycles. The highest BCUT2D eigenvalue weighted by atomic mass is 16.5. The molecule has 0 saturated heterocycles. The summed E-state index contributed by atoms with van der Waals surface area (Å²) in [4.78, 5) is 3.98. The zero-order valence-corrected chi connectivity index (χ0v) is 8.16. The minimum absolute atomic E-state index is 0.276. The van der Waals surface area contributed by atoms with Gasteiger partial charge in [0.2, 0.25) is 0 Å². The maximum absolute atomic E-state index is 5.13. The number of ether oxygens (including phenoxy) is 1. The van der Waals surface area contributed by atoms with Crippen molar-refractivity contribution in [2.45, 2.75) is 13.0 Å². The molecule has 1 aromatic heterocycles. The number of nitrogens with one attached hydrogen (secondary N) is 1. The van der Waals surface area contributed by atoms with Crippen molar-refractivity contribution in [1.82, 2.24) is 10.3 Å². The van der Waals surface area contributed by atoms with E-state index in [4.69, 9.17) is 4.74 Å². The largest absolute Gasteiger partial charge is 0.383 e. The maximum atomic E-state index is 5.13. The van der Waals surface area contributed by atoms with Crippen LogP contribution in [-0.2, 0) is 4.74 Å². The van der Waals surface area contributed by atoms with Crippen molar-refractivity contribution in [2.75, 3.05) is 20.3 Å². The second kappa shape index (κ2) is 5.67. The molecule has 72 valence electrons. The summed E-state index contributed by atoms with van der Waals surface area (Å²) in [6, 6.07) is 4.29. The monoisotopic (exact) mass is 180 g/mol. The molecule has 1 aromatic rings. The highest BCUT2D eigenvalue weighted by molar-refractivity contribution is 5.14. The first kappa shape index (κ1) is 10.2. The Bertz CT molecular complexity index is 220. The Kier molecular flexibility index (Phi) is 4.43. The molecule has 0 aromatic carbocycles. The molecule has 0 amide bonds. The molecule has 3 nitrogen and oxygen atoms in total. The molecule has 1 N–H and O–H groups in total. The van der Waals surface area contributed by atoms with Crippen LogP contribution in [0.15, 0.2) is 24.5 Å². The first-order valence-electron chi connectivity index (χ1n) is 4.50. The van der Waals surface area contributed by atoms with Crippen LogP contribution in [0, 0.1) is 0 Å². The van der Waals surface area contributed by atoms with Crippen LogP contribution in [0.3, 0.4) is 0 Å². The molecule has 0 fully saturated rings. The molecular formula is C10H16N2O. The molecule has 0 spiro atoms. The Balaban J connectivity index is 2.64. The van der Waals surface area contributed by atoms with Gasteiger partial charge in [0.25, 0.3) is 0 Å². The quantitative estimate of drug-likeness (QED) is 0.743. The summed E-state index contributed by atoms with van der Waals surface area (Å²) < 4.78 is 5.13. The molecule has 1 heterocycles. The van der Waals surface area contributed by atoms with Crippen molar-refractivity contribution in [3.63, 3.8) is 0 Å². The summed E-state index contributed by atoms with van der Waals surface area (Å²) in [5.74, 6) is 0. The van der Waals surface area contributed by atoms with E-state index in [1.807, 2.05) is 12.1 Å². The van der Waals surface area contributed by atoms with E-state index in [0.29, 0.717) is 6.61 Å². The van der Waals surface area contributed by atoms with Crippen LogP contribution in [0.4, 0.5) is 0 Å². The molecule has 0 aliphatic rings. The number of hydrogen-bond acceptors (Lipinski definition) is 3. The molecule has 0 saturated carbocycles. The fraction of sp³-hybridized carbons (Fsp3) is 0.500. The minimum Gasteiger partial charge on any atom is -0.383 e. The molecule has 13 heavy (non-hydrogen) atoms. The number of likely N-dealkylation sites (N-methyl/N-ethyl adjacent to an activating group) is 1. The summed E-state index contributed by atoms with van der Waals surface area (Å²) in [7, 11) is 1.71. The predicted molar refractivity (Wildman–Crippen MR) is 52.5 cm³/mol. The number of aromatic nitrogens is 1. The Morgan fingerprint density at radius 2 is 2.15 bits per heavy atom. The Morgan fingerprint density at radius 3 is 2.69 bits per heavy atom. The lowest BCUT2D eigenvalue weighted by atomic mass is 10.1. The normalized spacial score (nSPS) is 12.8. The van der Waals surface area contributed by atoms with Crippen LogP contribution >= 0.6 is 0 Å². The van der Waals surface area contributed by atoms with E-state index in [0.717, 1.165) is 6.54 Å². The zero-order chi connectivity index (χ0) is 9.52. The number of hydrogen-bond donors (Lipinski definition) is 1. The molecule has 0 radical (unpaired) electrons.